The van der Waals surface area contributed by atoms with Gasteiger partial charge in [-0.05, 0) is 43.2 Å². The topological polar surface area (TPSA) is 17.8 Å². The summed E-state index contributed by atoms with van der Waals surface area (Å²) < 4.78 is 1.86. The monoisotopic (exact) mass is 246 g/mol. The molecule has 1 aromatic heterocycles. The van der Waals surface area contributed by atoms with Crippen molar-refractivity contribution in [2.75, 3.05) is 5.75 Å². The molecule has 3 heteroatoms. The number of nitrogens with zero attached hydrogens (tertiary/aromatic N) is 2. The van der Waals surface area contributed by atoms with Gasteiger partial charge in [-0.1, -0.05) is 17.7 Å². The summed E-state index contributed by atoms with van der Waals surface area (Å²) in [6, 6.07) is 8.74. The Morgan fingerprint density at radius 2 is 2.00 bits per heavy atom. The van der Waals surface area contributed by atoms with Gasteiger partial charge in [0.1, 0.15) is 0 Å². The van der Waals surface area contributed by atoms with Crippen LogP contribution in [0.1, 0.15) is 17.5 Å². The summed E-state index contributed by atoms with van der Waals surface area (Å²) in [5, 5.41) is 4.17. The quantitative estimate of drug-likeness (QED) is 0.594. The molecule has 17 heavy (non-hydrogen) atoms. The minimum absolute atomic E-state index is 1.12. The van der Waals surface area contributed by atoms with E-state index in [9.17, 15) is 0 Å². The van der Waals surface area contributed by atoms with Gasteiger partial charge in [-0.15, -0.1) is 11.8 Å². The van der Waals surface area contributed by atoms with Gasteiger partial charge in [-0.3, -0.25) is 4.68 Å². The van der Waals surface area contributed by atoms with Gasteiger partial charge in [0.15, 0.2) is 0 Å². The highest BCUT2D eigenvalue weighted by Crippen LogP contribution is 2.19. The van der Waals surface area contributed by atoms with E-state index < -0.39 is 0 Å². The first-order chi connectivity index (χ1) is 8.24. The van der Waals surface area contributed by atoms with E-state index in [1.807, 2.05) is 29.7 Å². The fourth-order valence-corrected chi connectivity index (χ4v) is 2.55. The van der Waals surface area contributed by atoms with E-state index in [-0.39, 0.29) is 0 Å². The maximum Gasteiger partial charge on any atom is 0.0521 e. The fraction of sp³-hybridized carbons (Fsp3) is 0.357. The maximum absolute atomic E-state index is 4.17. The van der Waals surface area contributed by atoms with Crippen LogP contribution >= 0.6 is 11.8 Å². The van der Waals surface area contributed by atoms with Crippen LogP contribution in [0.3, 0.4) is 0 Å². The molecule has 0 aliphatic carbocycles. The average molecular weight is 246 g/mol. The molecule has 0 aliphatic heterocycles. The predicted molar refractivity (Wildman–Crippen MR) is 73.4 cm³/mol. The molecular formula is C14H18N2S. The van der Waals surface area contributed by atoms with Crippen LogP contribution in [-0.4, -0.2) is 15.5 Å². The standard InChI is InChI=1S/C14H18N2S/c1-12-5-7-14(8-6-12)17-9-3-4-13-10-15-16(2)11-13/h5-8,10-11H,3-4,9H2,1-2H3. The predicted octanol–water partition coefficient (Wildman–Crippen LogP) is 3.45. The van der Waals surface area contributed by atoms with Gasteiger partial charge in [0.25, 0.3) is 0 Å². The fourth-order valence-electron chi connectivity index (χ4n) is 1.70. The zero-order valence-electron chi connectivity index (χ0n) is 10.4. The van der Waals surface area contributed by atoms with Gasteiger partial charge in [0.2, 0.25) is 0 Å². The highest BCUT2D eigenvalue weighted by molar-refractivity contribution is 7.99. The van der Waals surface area contributed by atoms with Gasteiger partial charge in [0.05, 0.1) is 6.20 Å². The van der Waals surface area contributed by atoms with Gasteiger partial charge < -0.3 is 0 Å². The second kappa shape index (κ2) is 5.92. The van der Waals surface area contributed by atoms with Crippen molar-refractivity contribution in [1.82, 2.24) is 9.78 Å². The molecule has 0 saturated heterocycles. The molecule has 0 amide bonds. The van der Waals surface area contributed by atoms with Crippen LogP contribution in [0.15, 0.2) is 41.6 Å². The van der Waals surface area contributed by atoms with Crippen molar-refractivity contribution in [3.63, 3.8) is 0 Å². The Balaban J connectivity index is 1.71. The van der Waals surface area contributed by atoms with Crippen molar-refractivity contribution in [3.05, 3.63) is 47.8 Å². The lowest BCUT2D eigenvalue weighted by Gasteiger charge is -2.01. The number of aryl methyl sites for hydroxylation is 3. The number of rotatable bonds is 5. The zero-order valence-corrected chi connectivity index (χ0v) is 11.2. The van der Waals surface area contributed by atoms with Crippen molar-refractivity contribution < 1.29 is 0 Å². The van der Waals surface area contributed by atoms with Crippen LogP contribution in [0.25, 0.3) is 0 Å². The Bertz CT molecular complexity index is 459. The van der Waals surface area contributed by atoms with E-state index in [2.05, 4.69) is 42.5 Å². The highest BCUT2D eigenvalue weighted by Gasteiger charge is 1.97. The smallest absolute Gasteiger partial charge is 0.0521 e. The van der Waals surface area contributed by atoms with E-state index in [1.54, 1.807) is 0 Å². The van der Waals surface area contributed by atoms with Crippen LogP contribution < -0.4 is 0 Å². The molecular weight excluding hydrogens is 228 g/mol. The largest absolute Gasteiger partial charge is 0.276 e. The first-order valence-electron chi connectivity index (χ1n) is 5.91. The van der Waals surface area contributed by atoms with E-state index in [0.717, 1.165) is 12.2 Å². The van der Waals surface area contributed by atoms with Gasteiger partial charge >= 0.3 is 0 Å². The summed E-state index contributed by atoms with van der Waals surface area (Å²) in [4.78, 5) is 1.36. The lowest BCUT2D eigenvalue weighted by atomic mass is 10.2. The number of hydrogen-bond acceptors (Lipinski definition) is 2. The zero-order chi connectivity index (χ0) is 12.1. The van der Waals surface area contributed by atoms with Crippen molar-refractivity contribution in [2.45, 2.75) is 24.7 Å². The van der Waals surface area contributed by atoms with E-state index in [1.165, 1.54) is 22.4 Å². The third-order valence-corrected chi connectivity index (χ3v) is 3.76. The van der Waals surface area contributed by atoms with Crippen LogP contribution in [0.4, 0.5) is 0 Å². The van der Waals surface area contributed by atoms with E-state index in [4.69, 9.17) is 0 Å². The third-order valence-electron chi connectivity index (χ3n) is 2.66. The van der Waals surface area contributed by atoms with Crippen molar-refractivity contribution in [2.24, 2.45) is 7.05 Å². The molecule has 0 spiro atoms. The Morgan fingerprint density at radius 3 is 2.65 bits per heavy atom. The maximum atomic E-state index is 4.17. The Labute approximate surface area is 107 Å². The minimum Gasteiger partial charge on any atom is -0.276 e. The Morgan fingerprint density at radius 1 is 1.24 bits per heavy atom. The number of hydrogen-bond donors (Lipinski definition) is 0. The van der Waals surface area contributed by atoms with Gasteiger partial charge in [-0.2, -0.15) is 5.10 Å². The summed E-state index contributed by atoms with van der Waals surface area (Å²) in [6.07, 6.45) is 6.37. The molecule has 0 atom stereocenters. The van der Waals surface area contributed by atoms with E-state index >= 15 is 0 Å². The summed E-state index contributed by atoms with van der Waals surface area (Å²) in [5.41, 5.74) is 2.65. The average Bonchev–Trinajstić information content (AvgIpc) is 2.73. The molecule has 1 heterocycles. The van der Waals surface area contributed by atoms with Crippen molar-refractivity contribution in [1.29, 1.82) is 0 Å². The molecule has 0 radical (unpaired) electrons. The van der Waals surface area contributed by atoms with Crippen molar-refractivity contribution in [3.8, 4) is 0 Å². The normalized spacial score (nSPS) is 10.7. The number of aromatic nitrogens is 2. The molecule has 0 fully saturated rings. The number of thioether (sulfide) groups is 1. The molecule has 90 valence electrons. The van der Waals surface area contributed by atoms with Crippen LogP contribution in [-0.2, 0) is 13.5 Å². The molecule has 2 aromatic rings. The summed E-state index contributed by atoms with van der Waals surface area (Å²) in [5.74, 6) is 1.16. The molecule has 2 rings (SSSR count). The molecule has 0 N–H and O–H groups in total. The van der Waals surface area contributed by atoms with Crippen LogP contribution in [0.2, 0.25) is 0 Å². The van der Waals surface area contributed by atoms with Gasteiger partial charge in [-0.25, -0.2) is 0 Å². The summed E-state index contributed by atoms with van der Waals surface area (Å²) >= 11 is 1.93. The highest BCUT2D eigenvalue weighted by atomic mass is 32.2. The molecule has 0 aliphatic rings. The molecule has 1 aromatic carbocycles. The lowest BCUT2D eigenvalue weighted by molar-refractivity contribution is 0.766. The minimum atomic E-state index is 1.12. The third kappa shape index (κ3) is 3.93. The second-order valence-electron chi connectivity index (χ2n) is 4.29. The SMILES string of the molecule is Cc1ccc(SCCCc2cnn(C)c2)cc1. The van der Waals surface area contributed by atoms with E-state index in [0.29, 0.717) is 0 Å². The Kier molecular flexibility index (Phi) is 4.26. The molecule has 0 bridgehead atoms. The van der Waals surface area contributed by atoms with Gasteiger partial charge in [0, 0.05) is 18.1 Å². The van der Waals surface area contributed by atoms with Crippen molar-refractivity contribution >= 4 is 11.8 Å². The first kappa shape index (κ1) is 12.2. The number of benzene rings is 1. The molecule has 0 unspecified atom stereocenters. The lowest BCUT2D eigenvalue weighted by Crippen LogP contribution is -1.87. The Hall–Kier alpha value is -1.22. The van der Waals surface area contributed by atoms with Crippen LogP contribution in [0.5, 0.6) is 0 Å². The first-order valence-corrected chi connectivity index (χ1v) is 6.89. The molecule has 0 saturated carbocycles. The summed E-state index contributed by atoms with van der Waals surface area (Å²) in [6.45, 7) is 2.12. The summed E-state index contributed by atoms with van der Waals surface area (Å²) in [7, 11) is 1.96. The van der Waals surface area contributed by atoms with Crippen LogP contribution in [0, 0.1) is 6.92 Å². The molecule has 2 nitrogen and oxygen atoms in total. The second-order valence-corrected chi connectivity index (χ2v) is 5.46.